The average molecular weight is 462 g/mol. The number of halogens is 3. The highest BCUT2D eigenvalue weighted by Crippen LogP contribution is 2.34. The summed E-state index contributed by atoms with van der Waals surface area (Å²) >= 11 is 15.6. The Hall–Kier alpha value is -2.52. The molecule has 0 aliphatic carbocycles. The number of carbonyl (C=O) groups excluding carboxylic acids is 1. The van der Waals surface area contributed by atoms with E-state index in [4.69, 9.17) is 27.6 Å². The van der Waals surface area contributed by atoms with E-state index in [1.54, 1.807) is 48.5 Å². The van der Waals surface area contributed by atoms with Crippen molar-refractivity contribution in [1.29, 1.82) is 5.26 Å². The van der Waals surface area contributed by atoms with Gasteiger partial charge in [-0.25, -0.2) is 0 Å². The summed E-state index contributed by atoms with van der Waals surface area (Å²) < 4.78 is 6.42. The van der Waals surface area contributed by atoms with Crippen molar-refractivity contribution in [2.75, 3.05) is 5.32 Å². The molecule has 0 fully saturated rings. The minimum absolute atomic E-state index is 0.0937. The van der Waals surface area contributed by atoms with Crippen molar-refractivity contribution in [3.63, 3.8) is 0 Å². The largest absolute Gasteiger partial charge is 0.457 e. The molecule has 3 rings (SSSR count). The van der Waals surface area contributed by atoms with Crippen molar-refractivity contribution in [2.45, 2.75) is 0 Å². The van der Waals surface area contributed by atoms with Crippen LogP contribution in [0.3, 0.4) is 0 Å². The molecule has 7 heteroatoms. The predicted molar refractivity (Wildman–Crippen MR) is 111 cm³/mol. The zero-order valence-electron chi connectivity index (χ0n) is 13.7. The molecule has 0 spiro atoms. The summed E-state index contributed by atoms with van der Waals surface area (Å²) in [6.45, 7) is 0. The van der Waals surface area contributed by atoms with Crippen LogP contribution in [-0.4, -0.2) is 5.91 Å². The molecule has 0 aliphatic heterocycles. The molecule has 3 aromatic rings. The molecule has 1 aromatic heterocycles. The van der Waals surface area contributed by atoms with Crippen LogP contribution in [0.5, 0.6) is 0 Å². The standard InChI is InChI=1S/C20H11BrCl2N2O2/c21-15-5-1-2-7-17(15)25-20(26)12(11-24)10-13-8-9-18(27-13)14-4-3-6-16(22)19(14)23/h1-10H,(H,25,26)/b12-10+. The maximum absolute atomic E-state index is 12.4. The van der Waals surface area contributed by atoms with E-state index in [9.17, 15) is 10.1 Å². The van der Waals surface area contributed by atoms with Crippen LogP contribution in [0.1, 0.15) is 5.76 Å². The van der Waals surface area contributed by atoms with Crippen molar-refractivity contribution in [3.05, 3.63) is 80.4 Å². The number of amides is 1. The Morgan fingerprint density at radius 2 is 1.89 bits per heavy atom. The van der Waals surface area contributed by atoms with Gasteiger partial charge in [-0.2, -0.15) is 5.26 Å². The fourth-order valence-electron chi connectivity index (χ4n) is 2.31. The first kappa shape index (κ1) is 19.2. The lowest BCUT2D eigenvalue weighted by molar-refractivity contribution is -0.112. The Labute approximate surface area is 174 Å². The molecule has 0 bridgehead atoms. The van der Waals surface area contributed by atoms with Crippen molar-refractivity contribution >= 4 is 56.8 Å². The average Bonchev–Trinajstić information content (AvgIpc) is 3.12. The predicted octanol–water partition coefficient (Wildman–Crippen LogP) is 6.56. The fraction of sp³-hybridized carbons (Fsp3) is 0. The molecule has 0 atom stereocenters. The number of para-hydroxylation sites is 1. The van der Waals surface area contributed by atoms with Crippen LogP contribution in [0.15, 0.2) is 69.1 Å². The second-order valence-corrected chi connectivity index (χ2v) is 7.05. The topological polar surface area (TPSA) is 66.0 Å². The number of furan rings is 1. The van der Waals surface area contributed by atoms with Crippen LogP contribution < -0.4 is 5.32 Å². The number of hydrogen-bond donors (Lipinski definition) is 1. The number of hydrogen-bond acceptors (Lipinski definition) is 3. The molecule has 2 aromatic carbocycles. The van der Waals surface area contributed by atoms with E-state index >= 15 is 0 Å². The molecule has 134 valence electrons. The van der Waals surface area contributed by atoms with Crippen molar-refractivity contribution in [1.82, 2.24) is 0 Å². The summed E-state index contributed by atoms with van der Waals surface area (Å²) in [6, 6.07) is 17.6. The third-order valence-corrected chi connectivity index (χ3v) is 5.13. The van der Waals surface area contributed by atoms with Crippen LogP contribution in [0, 0.1) is 11.3 Å². The molecular weight excluding hydrogens is 451 g/mol. The molecule has 1 N–H and O–H groups in total. The zero-order valence-corrected chi connectivity index (χ0v) is 16.8. The van der Waals surface area contributed by atoms with Gasteiger partial charge in [-0.3, -0.25) is 4.79 Å². The van der Waals surface area contributed by atoms with Gasteiger partial charge in [-0.05, 0) is 52.3 Å². The van der Waals surface area contributed by atoms with E-state index < -0.39 is 5.91 Å². The van der Waals surface area contributed by atoms with Gasteiger partial charge in [0.25, 0.3) is 5.91 Å². The quantitative estimate of drug-likeness (QED) is 0.353. The van der Waals surface area contributed by atoms with Gasteiger partial charge in [0.15, 0.2) is 0 Å². The molecule has 0 unspecified atom stereocenters. The van der Waals surface area contributed by atoms with Gasteiger partial charge in [0.05, 0.1) is 15.7 Å². The van der Waals surface area contributed by atoms with Crippen LogP contribution in [-0.2, 0) is 4.79 Å². The maximum Gasteiger partial charge on any atom is 0.266 e. The van der Waals surface area contributed by atoms with E-state index in [1.165, 1.54) is 6.08 Å². The number of nitrogens with one attached hydrogen (secondary N) is 1. The highest BCUT2D eigenvalue weighted by Gasteiger charge is 2.14. The van der Waals surface area contributed by atoms with Gasteiger partial charge in [-0.15, -0.1) is 0 Å². The number of carbonyl (C=O) groups is 1. The van der Waals surface area contributed by atoms with E-state index in [0.717, 1.165) is 0 Å². The van der Waals surface area contributed by atoms with E-state index in [0.29, 0.717) is 37.3 Å². The maximum atomic E-state index is 12.4. The Kier molecular flexibility index (Phi) is 6.02. The monoisotopic (exact) mass is 460 g/mol. The SMILES string of the molecule is N#C/C(=C\c1ccc(-c2cccc(Cl)c2Cl)o1)C(=O)Nc1ccccc1Br. The third-order valence-electron chi connectivity index (χ3n) is 3.62. The molecule has 0 saturated heterocycles. The number of nitriles is 1. The third kappa shape index (κ3) is 4.42. The van der Waals surface area contributed by atoms with Crippen molar-refractivity contribution < 1.29 is 9.21 Å². The van der Waals surface area contributed by atoms with Gasteiger partial charge < -0.3 is 9.73 Å². The summed E-state index contributed by atoms with van der Waals surface area (Å²) in [5, 5.41) is 12.8. The minimum Gasteiger partial charge on any atom is -0.457 e. The van der Waals surface area contributed by atoms with E-state index in [1.807, 2.05) is 12.1 Å². The molecular formula is C20H11BrCl2N2O2. The van der Waals surface area contributed by atoms with Gasteiger partial charge in [0, 0.05) is 16.1 Å². The molecule has 1 heterocycles. The van der Waals surface area contributed by atoms with Crippen LogP contribution in [0.2, 0.25) is 10.0 Å². The summed E-state index contributed by atoms with van der Waals surface area (Å²) in [4.78, 5) is 12.4. The molecule has 27 heavy (non-hydrogen) atoms. The van der Waals surface area contributed by atoms with Crippen LogP contribution in [0.25, 0.3) is 17.4 Å². The molecule has 0 aliphatic rings. The smallest absolute Gasteiger partial charge is 0.266 e. The summed E-state index contributed by atoms with van der Waals surface area (Å²) in [5.74, 6) is 0.292. The summed E-state index contributed by atoms with van der Waals surface area (Å²) in [7, 11) is 0. The second kappa shape index (κ2) is 8.45. The van der Waals surface area contributed by atoms with Crippen molar-refractivity contribution in [3.8, 4) is 17.4 Å². The number of nitrogens with zero attached hydrogens (tertiary/aromatic N) is 1. The highest BCUT2D eigenvalue weighted by atomic mass is 79.9. The highest BCUT2D eigenvalue weighted by molar-refractivity contribution is 9.10. The van der Waals surface area contributed by atoms with Gasteiger partial charge in [0.1, 0.15) is 23.2 Å². The summed E-state index contributed by atoms with van der Waals surface area (Å²) in [6.07, 6.45) is 1.37. The van der Waals surface area contributed by atoms with Crippen molar-refractivity contribution in [2.24, 2.45) is 0 Å². The normalized spacial score (nSPS) is 11.1. The number of anilines is 1. The Balaban J connectivity index is 1.86. The Morgan fingerprint density at radius 1 is 1.11 bits per heavy atom. The Bertz CT molecular complexity index is 1080. The molecule has 0 saturated carbocycles. The molecule has 1 amide bonds. The first-order chi connectivity index (χ1) is 13.0. The van der Waals surface area contributed by atoms with Gasteiger partial charge in [0.2, 0.25) is 0 Å². The molecule has 0 radical (unpaired) electrons. The van der Waals surface area contributed by atoms with E-state index in [2.05, 4.69) is 21.2 Å². The zero-order chi connectivity index (χ0) is 19.4. The number of benzene rings is 2. The second-order valence-electron chi connectivity index (χ2n) is 5.41. The Morgan fingerprint density at radius 3 is 2.63 bits per heavy atom. The van der Waals surface area contributed by atoms with E-state index in [-0.39, 0.29) is 5.57 Å². The van der Waals surface area contributed by atoms with Gasteiger partial charge in [-0.1, -0.05) is 41.4 Å². The van der Waals surface area contributed by atoms with Crippen LogP contribution in [0.4, 0.5) is 5.69 Å². The molecule has 4 nitrogen and oxygen atoms in total. The first-order valence-electron chi connectivity index (χ1n) is 7.71. The van der Waals surface area contributed by atoms with Gasteiger partial charge >= 0.3 is 0 Å². The minimum atomic E-state index is -0.539. The van der Waals surface area contributed by atoms with Crippen LogP contribution >= 0.6 is 39.1 Å². The lowest BCUT2D eigenvalue weighted by Gasteiger charge is -2.05. The number of rotatable bonds is 4. The lowest BCUT2D eigenvalue weighted by atomic mass is 10.2. The first-order valence-corrected chi connectivity index (χ1v) is 9.26. The fourth-order valence-corrected chi connectivity index (χ4v) is 3.09. The summed E-state index contributed by atoms with van der Waals surface area (Å²) in [5.41, 5.74) is 1.10. The lowest BCUT2D eigenvalue weighted by Crippen LogP contribution is -2.13.